The summed E-state index contributed by atoms with van der Waals surface area (Å²) in [6.07, 6.45) is -1.17. The van der Waals surface area contributed by atoms with Crippen molar-refractivity contribution >= 4 is 11.6 Å². The lowest BCUT2D eigenvalue weighted by atomic mass is 9.84. The normalized spacial score (nSPS) is 35.2. The zero-order valence-corrected chi connectivity index (χ0v) is 8.07. The van der Waals surface area contributed by atoms with Crippen molar-refractivity contribution in [2.75, 3.05) is 14.2 Å². The van der Waals surface area contributed by atoms with E-state index in [1.807, 2.05) is 0 Å². The fraction of sp³-hybridized carbons (Fsp3) is 0.778. The zero-order valence-electron chi connectivity index (χ0n) is 8.07. The van der Waals surface area contributed by atoms with E-state index in [4.69, 9.17) is 9.47 Å². The van der Waals surface area contributed by atoms with Crippen LogP contribution in [-0.2, 0) is 19.1 Å². The van der Waals surface area contributed by atoms with Crippen LogP contribution in [0.15, 0.2) is 0 Å². The van der Waals surface area contributed by atoms with Gasteiger partial charge in [0.05, 0.1) is 0 Å². The lowest BCUT2D eigenvalue weighted by Gasteiger charge is -2.30. The van der Waals surface area contributed by atoms with Gasteiger partial charge in [0, 0.05) is 26.6 Å². The molecule has 1 fully saturated rings. The summed E-state index contributed by atoms with van der Waals surface area (Å²) >= 11 is 0. The van der Waals surface area contributed by atoms with E-state index in [1.165, 1.54) is 14.2 Å². The van der Waals surface area contributed by atoms with Crippen LogP contribution in [0.1, 0.15) is 13.3 Å². The Morgan fingerprint density at radius 2 is 1.69 bits per heavy atom. The highest BCUT2D eigenvalue weighted by molar-refractivity contribution is 6.00. The minimum atomic E-state index is -0.721. The van der Waals surface area contributed by atoms with E-state index >= 15 is 0 Å². The predicted octanol–water partition coefficient (Wildman–Crippen LogP) is 0.194. The third kappa shape index (κ3) is 1.78. The molecule has 0 heterocycles. The Kier molecular flexibility index (Phi) is 3.17. The van der Waals surface area contributed by atoms with E-state index < -0.39 is 12.2 Å². The van der Waals surface area contributed by atoms with Gasteiger partial charge in [-0.25, -0.2) is 0 Å². The summed E-state index contributed by atoms with van der Waals surface area (Å²) in [6, 6.07) is 0. The Balaban J connectivity index is 2.84. The largest absolute Gasteiger partial charge is 0.370 e. The number of rotatable bonds is 2. The van der Waals surface area contributed by atoms with E-state index in [0.29, 0.717) is 0 Å². The fourth-order valence-electron chi connectivity index (χ4n) is 1.61. The topological polar surface area (TPSA) is 52.6 Å². The van der Waals surface area contributed by atoms with Gasteiger partial charge < -0.3 is 9.47 Å². The molecule has 13 heavy (non-hydrogen) atoms. The zero-order chi connectivity index (χ0) is 10.0. The Morgan fingerprint density at radius 3 is 2.15 bits per heavy atom. The van der Waals surface area contributed by atoms with E-state index in [0.717, 1.165) is 0 Å². The third-order valence-corrected chi connectivity index (χ3v) is 2.37. The van der Waals surface area contributed by atoms with Gasteiger partial charge in [-0.15, -0.1) is 0 Å². The SMILES string of the molecule is COC1C(=O)CC(C)C(=O)C1OC. The molecule has 4 heteroatoms. The molecule has 3 unspecified atom stereocenters. The molecule has 4 nitrogen and oxygen atoms in total. The van der Waals surface area contributed by atoms with Gasteiger partial charge in [0.25, 0.3) is 0 Å². The summed E-state index contributed by atoms with van der Waals surface area (Å²) in [6.45, 7) is 1.73. The van der Waals surface area contributed by atoms with Gasteiger partial charge in [-0.3, -0.25) is 9.59 Å². The Hall–Kier alpha value is -0.740. The second kappa shape index (κ2) is 3.98. The van der Waals surface area contributed by atoms with Gasteiger partial charge in [0.15, 0.2) is 11.6 Å². The smallest absolute Gasteiger partial charge is 0.167 e. The van der Waals surface area contributed by atoms with Crippen LogP contribution in [0.25, 0.3) is 0 Å². The molecule has 1 aliphatic rings. The highest BCUT2D eigenvalue weighted by Crippen LogP contribution is 2.22. The van der Waals surface area contributed by atoms with Crippen LogP contribution in [0.5, 0.6) is 0 Å². The number of Topliss-reactive ketones (excluding diaryl/α,β-unsaturated/α-hetero) is 2. The second-order valence-electron chi connectivity index (χ2n) is 3.29. The first-order valence-corrected chi connectivity index (χ1v) is 4.23. The number of methoxy groups -OCH3 is 2. The average Bonchev–Trinajstić information content (AvgIpc) is 2.10. The van der Waals surface area contributed by atoms with Crippen LogP contribution >= 0.6 is 0 Å². The minimum Gasteiger partial charge on any atom is -0.370 e. The van der Waals surface area contributed by atoms with Crippen LogP contribution in [0.2, 0.25) is 0 Å². The maximum absolute atomic E-state index is 11.5. The monoisotopic (exact) mass is 186 g/mol. The van der Waals surface area contributed by atoms with E-state index in [-0.39, 0.29) is 23.9 Å². The van der Waals surface area contributed by atoms with E-state index in [1.54, 1.807) is 6.92 Å². The first-order valence-electron chi connectivity index (χ1n) is 4.23. The minimum absolute atomic E-state index is 0.0473. The van der Waals surface area contributed by atoms with Crippen molar-refractivity contribution in [1.29, 1.82) is 0 Å². The first kappa shape index (κ1) is 10.3. The van der Waals surface area contributed by atoms with Gasteiger partial charge in [-0.05, 0) is 0 Å². The lowest BCUT2D eigenvalue weighted by molar-refractivity contribution is -0.158. The third-order valence-electron chi connectivity index (χ3n) is 2.37. The average molecular weight is 186 g/mol. The van der Waals surface area contributed by atoms with Gasteiger partial charge >= 0.3 is 0 Å². The van der Waals surface area contributed by atoms with Crippen molar-refractivity contribution in [3.05, 3.63) is 0 Å². The highest BCUT2D eigenvalue weighted by Gasteiger charge is 2.41. The molecule has 0 radical (unpaired) electrons. The molecule has 1 rings (SSSR count). The molecule has 0 aromatic rings. The van der Waals surface area contributed by atoms with Crippen LogP contribution in [0.4, 0.5) is 0 Å². The molecule has 3 atom stereocenters. The van der Waals surface area contributed by atoms with Gasteiger partial charge in [0.2, 0.25) is 0 Å². The number of carbonyl (C=O) groups excluding carboxylic acids is 2. The van der Waals surface area contributed by atoms with Crippen molar-refractivity contribution in [3.63, 3.8) is 0 Å². The molecule has 0 saturated heterocycles. The van der Waals surface area contributed by atoms with Gasteiger partial charge in [0.1, 0.15) is 12.2 Å². The Morgan fingerprint density at radius 1 is 1.15 bits per heavy atom. The predicted molar refractivity (Wildman–Crippen MR) is 45.4 cm³/mol. The first-order chi connectivity index (χ1) is 6.11. The van der Waals surface area contributed by atoms with Crippen molar-refractivity contribution < 1.29 is 19.1 Å². The van der Waals surface area contributed by atoms with Crippen LogP contribution in [-0.4, -0.2) is 38.0 Å². The molecule has 0 N–H and O–H groups in total. The van der Waals surface area contributed by atoms with Crippen molar-refractivity contribution in [2.24, 2.45) is 5.92 Å². The number of ketones is 2. The molecule has 74 valence electrons. The quantitative estimate of drug-likeness (QED) is 0.618. The molecule has 0 aromatic heterocycles. The molecular formula is C9H14O4. The van der Waals surface area contributed by atoms with E-state index in [9.17, 15) is 9.59 Å². The molecule has 0 aromatic carbocycles. The summed E-state index contributed by atoms with van der Waals surface area (Å²) < 4.78 is 9.88. The molecule has 0 bridgehead atoms. The summed E-state index contributed by atoms with van der Waals surface area (Å²) in [5.41, 5.74) is 0. The van der Waals surface area contributed by atoms with Gasteiger partial charge in [-0.2, -0.15) is 0 Å². The van der Waals surface area contributed by atoms with E-state index in [2.05, 4.69) is 0 Å². The van der Waals surface area contributed by atoms with Crippen molar-refractivity contribution in [2.45, 2.75) is 25.6 Å². The number of hydrogen-bond acceptors (Lipinski definition) is 4. The highest BCUT2D eigenvalue weighted by atomic mass is 16.5. The lowest BCUT2D eigenvalue weighted by Crippen LogP contribution is -2.50. The summed E-state index contributed by atoms with van der Waals surface area (Å²) in [5, 5.41) is 0. The maximum atomic E-state index is 11.5. The molecule has 0 spiro atoms. The van der Waals surface area contributed by atoms with Gasteiger partial charge in [-0.1, -0.05) is 6.92 Å². The van der Waals surface area contributed by atoms with Crippen molar-refractivity contribution in [1.82, 2.24) is 0 Å². The van der Waals surface area contributed by atoms with Crippen LogP contribution < -0.4 is 0 Å². The maximum Gasteiger partial charge on any atom is 0.167 e. The summed E-state index contributed by atoms with van der Waals surface area (Å²) in [5.74, 6) is -0.348. The second-order valence-corrected chi connectivity index (χ2v) is 3.29. The fourth-order valence-corrected chi connectivity index (χ4v) is 1.61. The Bertz CT molecular complexity index is 224. The standard InChI is InChI=1S/C9H14O4/c1-5-4-6(10)8(12-2)9(13-3)7(5)11/h5,8-9H,4H2,1-3H3. The summed E-state index contributed by atoms with van der Waals surface area (Å²) in [4.78, 5) is 22.9. The number of carbonyl (C=O) groups is 2. The van der Waals surface area contributed by atoms with Crippen molar-refractivity contribution in [3.8, 4) is 0 Å². The molecule has 1 aliphatic carbocycles. The molecule has 0 aliphatic heterocycles. The Labute approximate surface area is 77.2 Å². The van der Waals surface area contributed by atoms with Crippen LogP contribution in [0, 0.1) is 5.92 Å². The summed E-state index contributed by atoms with van der Waals surface area (Å²) in [7, 11) is 2.83. The molecule has 1 saturated carbocycles. The molecular weight excluding hydrogens is 172 g/mol. The number of ether oxygens (including phenoxy) is 2. The number of hydrogen-bond donors (Lipinski definition) is 0. The molecule has 0 amide bonds. The van der Waals surface area contributed by atoms with Crippen LogP contribution in [0.3, 0.4) is 0 Å².